The van der Waals surface area contributed by atoms with Crippen LogP contribution in [0.2, 0.25) is 0 Å². The molecule has 59 heavy (non-hydrogen) atoms. The maximum atomic E-state index is 14.9. The number of allylic oxidation sites excluding steroid dienone is 1. The van der Waals surface area contributed by atoms with Crippen LogP contribution in [0.5, 0.6) is 11.6 Å². The zero-order valence-electron chi connectivity index (χ0n) is 35.9. The van der Waals surface area contributed by atoms with Gasteiger partial charge in [-0.25, -0.2) is 22.6 Å². The molecule has 1 aromatic heterocycles. The Morgan fingerprint density at radius 3 is 2.44 bits per heavy atom. The second-order valence-corrected chi connectivity index (χ2v) is 20.0. The van der Waals surface area contributed by atoms with Crippen LogP contribution in [0.15, 0.2) is 36.5 Å². The van der Waals surface area contributed by atoms with Gasteiger partial charge in [-0.05, 0) is 102 Å². The first kappa shape index (κ1) is 45.6. The van der Waals surface area contributed by atoms with Crippen molar-refractivity contribution in [2.24, 2.45) is 17.8 Å². The topological polar surface area (TPSA) is 182 Å². The molecule has 7 atom stereocenters. The third kappa shape index (κ3) is 10.5. The zero-order chi connectivity index (χ0) is 43.5. The molecule has 2 aromatic rings. The first-order valence-electron chi connectivity index (χ1n) is 20.9. The van der Waals surface area contributed by atoms with E-state index in [4.69, 9.17) is 14.2 Å². The van der Waals surface area contributed by atoms with Crippen molar-refractivity contribution >= 4 is 44.6 Å². The maximum absolute atomic E-state index is 14.9. The number of alkyl carbamates (subject to hydrolysis) is 1. The minimum atomic E-state index is -4.03. The Kier molecular flexibility index (Phi) is 13.9. The number of methoxy groups -OCH3 is 1. The molecule has 6 rings (SSSR count). The Balaban J connectivity index is 0.00000214. The number of hydrogen-bond donors (Lipinski definition) is 3. The van der Waals surface area contributed by atoms with Crippen molar-refractivity contribution in [3.63, 3.8) is 0 Å². The second-order valence-electron chi connectivity index (χ2n) is 17.8. The number of carbonyl (C=O) groups excluding carboxylic acids is 4. The lowest BCUT2D eigenvalue weighted by Crippen LogP contribution is -2.59. The first-order valence-corrected chi connectivity index (χ1v) is 22.3. The van der Waals surface area contributed by atoms with Crippen molar-refractivity contribution in [2.45, 2.75) is 147 Å². The van der Waals surface area contributed by atoms with E-state index in [1.54, 1.807) is 33.8 Å². The van der Waals surface area contributed by atoms with Gasteiger partial charge in [0.2, 0.25) is 27.7 Å². The number of carbonyl (C=O) groups is 4. The Morgan fingerprint density at radius 1 is 1.12 bits per heavy atom. The molecule has 4 amide bonds. The van der Waals surface area contributed by atoms with Gasteiger partial charge in [0.1, 0.15) is 29.3 Å². The van der Waals surface area contributed by atoms with Gasteiger partial charge in [-0.15, -0.1) is 0 Å². The fourth-order valence-corrected chi connectivity index (χ4v) is 9.12. The summed E-state index contributed by atoms with van der Waals surface area (Å²) < 4.78 is 59.6. The highest BCUT2D eigenvalue weighted by Gasteiger charge is 2.63. The molecule has 2 aliphatic carbocycles. The van der Waals surface area contributed by atoms with Gasteiger partial charge in [0, 0.05) is 23.9 Å². The van der Waals surface area contributed by atoms with Crippen LogP contribution in [0.1, 0.15) is 113 Å². The average molecular weight is 844 g/mol. The number of rotatable bonds is 8. The molecular formula is C43H62FN5O9S. The highest BCUT2D eigenvalue weighted by molar-refractivity contribution is 7.91. The molecule has 3 fully saturated rings. The van der Waals surface area contributed by atoms with Crippen molar-refractivity contribution in [1.29, 1.82) is 0 Å². The molecule has 2 saturated carbocycles. The van der Waals surface area contributed by atoms with E-state index in [1.165, 1.54) is 36.8 Å². The average Bonchev–Trinajstić information content (AvgIpc) is 4.04. The van der Waals surface area contributed by atoms with Gasteiger partial charge in [0.25, 0.3) is 5.91 Å². The van der Waals surface area contributed by atoms with Crippen molar-refractivity contribution in [2.75, 3.05) is 13.7 Å². The van der Waals surface area contributed by atoms with Crippen LogP contribution in [0.3, 0.4) is 0 Å². The van der Waals surface area contributed by atoms with E-state index in [0.29, 0.717) is 42.9 Å². The zero-order valence-corrected chi connectivity index (χ0v) is 36.7. The van der Waals surface area contributed by atoms with Gasteiger partial charge in [-0.2, -0.15) is 0 Å². The number of ether oxygens (including phenoxy) is 3. The summed E-state index contributed by atoms with van der Waals surface area (Å²) in [5.41, 5.74) is -2.42. The summed E-state index contributed by atoms with van der Waals surface area (Å²) in [6.45, 7) is 14.9. The number of hydrogen-bond acceptors (Lipinski definition) is 10. The molecule has 1 aromatic carbocycles. The first-order chi connectivity index (χ1) is 27.7. The van der Waals surface area contributed by atoms with E-state index < -0.39 is 79.6 Å². The molecular weight excluding hydrogens is 782 g/mol. The lowest BCUT2D eigenvalue weighted by molar-refractivity contribution is -0.142. The molecule has 0 unspecified atom stereocenters. The van der Waals surface area contributed by atoms with Crippen LogP contribution in [-0.2, 0) is 29.1 Å². The third-order valence-corrected chi connectivity index (χ3v) is 13.7. The largest absolute Gasteiger partial charge is 0.494 e. The highest BCUT2D eigenvalue weighted by atomic mass is 32.2. The standard InChI is InChI=1S/C40H54FN5O9S.C3H8/c1-8-24-17-23(2)11-9-10-12-26-21-40(26,36(49)45-56(51,52)39(6)14-15-39)44-33(47)30-19-27(22-46(30)35(48)32(24)43-37(50)55-38(3,4)5)54-34-28-20-29(41)31(53-7)18-25(28)13-16-42-34;1-3-2/h10,12-13,16,18,20,23-24,26-27,30,32H,8-9,11,14-15,17,19,21-22H2,1-7H3,(H,43,50)(H,44,47)(H,45,49);3H2,1-2H3/b12-10-;/t23-,24-,26-,27-,30+,32+,40-;/m1./s1. The third-order valence-electron chi connectivity index (χ3n) is 11.6. The minimum Gasteiger partial charge on any atom is -0.494 e. The summed E-state index contributed by atoms with van der Waals surface area (Å²) >= 11 is 0. The number of nitrogens with zero attached hydrogens (tertiary/aromatic N) is 2. The van der Waals surface area contributed by atoms with E-state index in [0.717, 1.165) is 6.42 Å². The smallest absolute Gasteiger partial charge is 0.408 e. The number of sulfonamides is 1. The summed E-state index contributed by atoms with van der Waals surface area (Å²) in [7, 11) is -2.67. The van der Waals surface area contributed by atoms with Crippen LogP contribution in [-0.4, -0.2) is 89.8 Å². The predicted molar refractivity (Wildman–Crippen MR) is 222 cm³/mol. The summed E-state index contributed by atoms with van der Waals surface area (Å²) in [5, 5.41) is 6.64. The van der Waals surface area contributed by atoms with Gasteiger partial charge in [0.15, 0.2) is 11.6 Å². The van der Waals surface area contributed by atoms with E-state index in [-0.39, 0.29) is 42.9 Å². The van der Waals surface area contributed by atoms with Gasteiger partial charge in [-0.1, -0.05) is 52.7 Å². The number of fused-ring (bicyclic) bond motifs is 3. The summed E-state index contributed by atoms with van der Waals surface area (Å²) in [6, 6.07) is 2.15. The summed E-state index contributed by atoms with van der Waals surface area (Å²) in [4.78, 5) is 62.4. The summed E-state index contributed by atoms with van der Waals surface area (Å²) in [5.74, 6) is -3.25. The van der Waals surface area contributed by atoms with Crippen molar-refractivity contribution < 1.29 is 46.2 Å². The van der Waals surface area contributed by atoms with Crippen molar-refractivity contribution in [1.82, 2.24) is 25.2 Å². The molecule has 3 N–H and O–H groups in total. The van der Waals surface area contributed by atoms with E-state index in [1.807, 2.05) is 19.1 Å². The van der Waals surface area contributed by atoms with Gasteiger partial charge < -0.3 is 29.7 Å². The molecule has 1 saturated heterocycles. The minimum absolute atomic E-state index is 0.0391. The number of aromatic nitrogens is 1. The fourth-order valence-electron chi connectivity index (χ4n) is 7.80. The highest BCUT2D eigenvalue weighted by Crippen LogP contribution is 2.47. The second kappa shape index (κ2) is 18.0. The Hall–Kier alpha value is -4.47. The molecule has 14 nitrogen and oxygen atoms in total. The SMILES string of the molecule is CCC.CC[C@@H]1C[C@H](C)CC/C=C\[C@@H]2C[C@@]2(C(=O)NS(=O)(=O)C2(C)CC2)NC(=O)[C@@H]2C[C@@H](Oc3nccc4cc(OC)c(F)cc34)CN2C(=O)[C@H]1NC(=O)OC(C)(C)C. The number of halogens is 1. The molecule has 16 heteroatoms. The molecule has 0 radical (unpaired) electrons. The van der Waals surface area contributed by atoms with Gasteiger partial charge in [-0.3, -0.25) is 19.1 Å². The van der Waals surface area contributed by atoms with Gasteiger partial charge in [0.05, 0.1) is 18.4 Å². The Bertz CT molecular complexity index is 2030. The van der Waals surface area contributed by atoms with E-state index >= 15 is 0 Å². The normalized spacial score (nSPS) is 28.5. The lowest BCUT2D eigenvalue weighted by atomic mass is 9.85. The molecule has 3 heterocycles. The molecule has 2 aliphatic heterocycles. The van der Waals surface area contributed by atoms with Crippen molar-refractivity contribution in [3.8, 4) is 11.6 Å². The Labute approximate surface area is 347 Å². The van der Waals surface area contributed by atoms with Crippen LogP contribution in [0.25, 0.3) is 10.8 Å². The van der Waals surface area contributed by atoms with E-state index in [9.17, 15) is 32.0 Å². The fraction of sp³-hybridized carbons (Fsp3) is 0.651. The van der Waals surface area contributed by atoms with E-state index in [2.05, 4.69) is 41.1 Å². The molecule has 326 valence electrons. The quantitative estimate of drug-likeness (QED) is 0.255. The van der Waals surface area contributed by atoms with Gasteiger partial charge >= 0.3 is 6.09 Å². The number of amides is 4. The summed E-state index contributed by atoms with van der Waals surface area (Å²) in [6.07, 6.45) is 8.41. The molecule has 0 spiro atoms. The van der Waals surface area contributed by atoms with Crippen molar-refractivity contribution in [3.05, 3.63) is 42.4 Å². The predicted octanol–water partition coefficient (Wildman–Crippen LogP) is 6.32. The molecule has 0 bridgehead atoms. The number of pyridine rings is 1. The van der Waals surface area contributed by atoms with Crippen LogP contribution in [0.4, 0.5) is 9.18 Å². The van der Waals surface area contributed by atoms with Crippen LogP contribution >= 0.6 is 0 Å². The van der Waals surface area contributed by atoms with Crippen LogP contribution in [0, 0.1) is 23.6 Å². The lowest BCUT2D eigenvalue weighted by Gasteiger charge is -2.34. The monoisotopic (exact) mass is 843 g/mol. The maximum Gasteiger partial charge on any atom is 0.408 e. The Morgan fingerprint density at radius 2 is 1.81 bits per heavy atom. The van der Waals surface area contributed by atoms with Crippen LogP contribution < -0.4 is 24.8 Å². The molecule has 4 aliphatic rings. The number of benzene rings is 1. The number of nitrogens with one attached hydrogen (secondary N) is 3.